The molecule has 2 aromatic rings. The molecule has 0 N–H and O–H groups in total. The molecule has 0 radical (unpaired) electrons. The molecule has 0 spiro atoms. The van der Waals surface area contributed by atoms with Crippen molar-refractivity contribution >= 4 is 11.8 Å². The highest BCUT2D eigenvalue weighted by molar-refractivity contribution is 6.06. The van der Waals surface area contributed by atoms with Gasteiger partial charge in [0, 0.05) is 32.7 Å². The number of carbonyl (C=O) groups excluding carboxylic acids is 2. The van der Waals surface area contributed by atoms with Crippen LogP contribution in [-0.2, 0) is 9.59 Å². The molecular weight excluding hydrogens is 484 g/mol. The molecule has 198 valence electrons. The van der Waals surface area contributed by atoms with E-state index >= 15 is 0 Å². The fourth-order valence-corrected chi connectivity index (χ4v) is 7.84. The molecule has 2 amide bonds. The van der Waals surface area contributed by atoms with E-state index in [-0.39, 0.29) is 53.2 Å². The minimum atomic E-state index is -0.272. The molecule has 2 aromatic carbocycles. The van der Waals surface area contributed by atoms with Gasteiger partial charge in [-0.3, -0.25) is 19.4 Å². The third-order valence-corrected chi connectivity index (χ3v) is 9.75. The van der Waals surface area contributed by atoms with Crippen LogP contribution in [-0.4, -0.2) is 65.8 Å². The van der Waals surface area contributed by atoms with Gasteiger partial charge in [-0.15, -0.1) is 0 Å². The van der Waals surface area contributed by atoms with Crippen molar-refractivity contribution < 1.29 is 18.4 Å². The van der Waals surface area contributed by atoms with E-state index in [9.17, 15) is 18.4 Å². The molecule has 38 heavy (non-hydrogen) atoms. The zero-order valence-electron chi connectivity index (χ0n) is 21.4. The number of nitrogens with zero attached hydrogens (tertiary/aromatic N) is 3. The molecule has 8 rings (SSSR count). The van der Waals surface area contributed by atoms with Gasteiger partial charge in [0.15, 0.2) is 0 Å². The zero-order valence-corrected chi connectivity index (χ0v) is 21.4. The van der Waals surface area contributed by atoms with Crippen molar-refractivity contribution in [1.82, 2.24) is 14.7 Å². The topological polar surface area (TPSA) is 43.9 Å². The van der Waals surface area contributed by atoms with Crippen LogP contribution in [0.15, 0.2) is 60.7 Å². The summed E-state index contributed by atoms with van der Waals surface area (Å²) < 4.78 is 27.2. The number of rotatable bonds is 7. The summed E-state index contributed by atoms with van der Waals surface area (Å²) in [5, 5.41) is 0. The van der Waals surface area contributed by atoms with Crippen molar-refractivity contribution in [2.75, 3.05) is 39.3 Å². The Morgan fingerprint density at radius 1 is 0.711 bits per heavy atom. The van der Waals surface area contributed by atoms with Gasteiger partial charge in [-0.1, -0.05) is 36.4 Å². The Bertz CT molecular complexity index is 1170. The van der Waals surface area contributed by atoms with Gasteiger partial charge in [-0.25, -0.2) is 8.78 Å². The Labute approximate surface area is 222 Å². The predicted octanol–water partition coefficient (Wildman–Crippen LogP) is 4.12. The molecular formula is C31H33F2N3O2. The number of hydrogen-bond donors (Lipinski definition) is 0. The number of halogens is 2. The third-order valence-electron chi connectivity index (χ3n) is 9.75. The number of imide groups is 1. The average molecular weight is 518 g/mol. The average Bonchev–Trinajstić information content (AvgIpc) is 3.72. The number of hydrogen-bond acceptors (Lipinski definition) is 4. The van der Waals surface area contributed by atoms with Crippen molar-refractivity contribution in [3.63, 3.8) is 0 Å². The third kappa shape index (κ3) is 4.02. The Kier molecular flexibility index (Phi) is 5.97. The van der Waals surface area contributed by atoms with E-state index in [1.165, 1.54) is 30.7 Å². The lowest BCUT2D eigenvalue weighted by molar-refractivity contribution is -0.140. The van der Waals surface area contributed by atoms with Crippen molar-refractivity contribution in [3.05, 3.63) is 83.4 Å². The lowest BCUT2D eigenvalue weighted by Gasteiger charge is -2.40. The van der Waals surface area contributed by atoms with E-state index in [0.29, 0.717) is 18.4 Å². The Balaban J connectivity index is 0.959. The van der Waals surface area contributed by atoms with Gasteiger partial charge in [0.25, 0.3) is 0 Å². The molecule has 5 nitrogen and oxygen atoms in total. The van der Waals surface area contributed by atoms with Crippen LogP contribution in [0.3, 0.4) is 0 Å². The summed E-state index contributed by atoms with van der Waals surface area (Å²) in [7, 11) is 0. The zero-order chi connectivity index (χ0) is 26.0. The summed E-state index contributed by atoms with van der Waals surface area (Å²) in [5.74, 6) is 1.18. The highest BCUT2D eigenvalue weighted by Gasteiger charge is 2.66. The molecule has 0 aromatic heterocycles. The molecule has 2 aliphatic heterocycles. The summed E-state index contributed by atoms with van der Waals surface area (Å²) in [6.45, 7) is 4.72. The smallest absolute Gasteiger partial charge is 0.233 e. The quantitative estimate of drug-likeness (QED) is 0.410. The van der Waals surface area contributed by atoms with Crippen LogP contribution in [0.1, 0.15) is 30.0 Å². The minimum Gasteiger partial charge on any atom is -0.301 e. The molecule has 2 saturated heterocycles. The maximum absolute atomic E-state index is 13.6. The summed E-state index contributed by atoms with van der Waals surface area (Å²) in [6, 6.07) is 13.1. The minimum absolute atomic E-state index is 0.0657. The van der Waals surface area contributed by atoms with Gasteiger partial charge >= 0.3 is 0 Å². The molecule has 6 aliphatic rings. The van der Waals surface area contributed by atoms with Crippen LogP contribution < -0.4 is 0 Å². The number of amides is 2. The van der Waals surface area contributed by atoms with E-state index in [0.717, 1.165) is 50.3 Å². The van der Waals surface area contributed by atoms with E-state index in [4.69, 9.17) is 0 Å². The lowest BCUT2D eigenvalue weighted by Crippen LogP contribution is -2.48. The predicted molar refractivity (Wildman–Crippen MR) is 139 cm³/mol. The fourth-order valence-electron chi connectivity index (χ4n) is 7.84. The number of piperazine rings is 1. The number of benzene rings is 2. The maximum Gasteiger partial charge on any atom is 0.233 e. The monoisotopic (exact) mass is 517 g/mol. The molecule has 7 heteroatoms. The number of carbonyl (C=O) groups is 2. The summed E-state index contributed by atoms with van der Waals surface area (Å²) in [4.78, 5) is 32.8. The largest absolute Gasteiger partial charge is 0.301 e. The highest BCUT2D eigenvalue weighted by atomic mass is 19.1. The van der Waals surface area contributed by atoms with E-state index < -0.39 is 0 Å². The SMILES string of the molecule is O=C1C2C3C=CC(C4CC34)C2C(=O)N1CCCN1CCN(C(c2ccc(F)cc2)c2ccc(F)cc2)CC1. The second kappa shape index (κ2) is 9.38. The molecule has 6 unspecified atom stereocenters. The first-order valence-electron chi connectivity index (χ1n) is 14.0. The second-order valence-corrected chi connectivity index (χ2v) is 11.7. The van der Waals surface area contributed by atoms with Crippen molar-refractivity contribution in [2.45, 2.75) is 18.9 Å². The van der Waals surface area contributed by atoms with E-state index in [1.54, 1.807) is 4.90 Å². The standard InChI is InChI=1S/C31H33F2N3O2/c32-21-6-2-19(3-7-21)29(20-4-8-22(33)9-5-20)35-16-14-34(15-17-35)12-1-13-36-30(37)27-23-10-11-24(26-18-25(23)26)28(27)31(36)38/h2-11,23-29H,1,12-18H2. The summed E-state index contributed by atoms with van der Waals surface area (Å²) in [6.07, 6.45) is 6.41. The number of allylic oxidation sites excluding steroid dienone is 2. The van der Waals surface area contributed by atoms with Gasteiger partial charge in [0.05, 0.1) is 17.9 Å². The van der Waals surface area contributed by atoms with Crippen LogP contribution in [0.2, 0.25) is 0 Å². The van der Waals surface area contributed by atoms with Crippen LogP contribution in [0.25, 0.3) is 0 Å². The van der Waals surface area contributed by atoms with Gasteiger partial charge in [0.2, 0.25) is 11.8 Å². The first kappa shape index (κ1) is 24.2. The second-order valence-electron chi connectivity index (χ2n) is 11.7. The molecule has 4 fully saturated rings. The fraction of sp³-hybridized carbons (Fsp3) is 0.484. The van der Waals surface area contributed by atoms with E-state index in [1.807, 2.05) is 24.3 Å². The van der Waals surface area contributed by atoms with Crippen LogP contribution >= 0.6 is 0 Å². The Morgan fingerprint density at radius 3 is 1.71 bits per heavy atom. The number of likely N-dealkylation sites (tertiary alicyclic amines) is 1. The molecule has 2 heterocycles. The van der Waals surface area contributed by atoms with Gasteiger partial charge in [0.1, 0.15) is 11.6 Å². The first-order valence-corrected chi connectivity index (χ1v) is 14.0. The van der Waals surface area contributed by atoms with Gasteiger partial charge in [-0.05, 0) is 78.5 Å². The van der Waals surface area contributed by atoms with Crippen LogP contribution in [0.4, 0.5) is 8.78 Å². The van der Waals surface area contributed by atoms with Crippen molar-refractivity contribution in [3.8, 4) is 0 Å². The molecule has 2 saturated carbocycles. The van der Waals surface area contributed by atoms with Crippen LogP contribution in [0.5, 0.6) is 0 Å². The summed E-state index contributed by atoms with van der Waals surface area (Å²) >= 11 is 0. The first-order chi connectivity index (χ1) is 18.5. The Morgan fingerprint density at radius 2 is 1.21 bits per heavy atom. The Hall–Kier alpha value is -2.90. The lowest BCUT2D eigenvalue weighted by atomic mass is 9.63. The van der Waals surface area contributed by atoms with E-state index in [2.05, 4.69) is 22.0 Å². The normalized spacial score (nSPS) is 32.2. The summed E-state index contributed by atoms with van der Waals surface area (Å²) in [5.41, 5.74) is 1.97. The van der Waals surface area contributed by atoms with Crippen molar-refractivity contribution in [1.29, 1.82) is 0 Å². The van der Waals surface area contributed by atoms with Crippen LogP contribution in [0, 0.1) is 47.1 Å². The molecule has 6 atom stereocenters. The van der Waals surface area contributed by atoms with Crippen molar-refractivity contribution in [2.24, 2.45) is 35.5 Å². The molecule has 2 bridgehead atoms. The maximum atomic E-state index is 13.6. The molecule has 4 aliphatic carbocycles. The van der Waals surface area contributed by atoms with Gasteiger partial charge < -0.3 is 4.90 Å². The highest BCUT2D eigenvalue weighted by Crippen LogP contribution is 2.65. The van der Waals surface area contributed by atoms with Gasteiger partial charge in [-0.2, -0.15) is 0 Å².